The lowest BCUT2D eigenvalue weighted by molar-refractivity contribution is -0.142. The van der Waals surface area contributed by atoms with Gasteiger partial charge in [-0.15, -0.1) is 11.3 Å². The van der Waals surface area contributed by atoms with Gasteiger partial charge in [0.15, 0.2) is 5.78 Å². The Morgan fingerprint density at radius 1 is 0.953 bits per heavy atom. The summed E-state index contributed by atoms with van der Waals surface area (Å²) in [6, 6.07) is 9.36. The third-order valence-electron chi connectivity index (χ3n) is 7.73. The first-order valence-corrected chi connectivity index (χ1v) is 15.4. The molecule has 4 atom stereocenters. The van der Waals surface area contributed by atoms with Crippen molar-refractivity contribution in [2.24, 2.45) is 5.92 Å². The summed E-state index contributed by atoms with van der Waals surface area (Å²) in [5.41, 5.74) is 0.906. The van der Waals surface area contributed by atoms with E-state index in [1.54, 1.807) is 19.1 Å². The van der Waals surface area contributed by atoms with Crippen LogP contribution >= 0.6 is 11.3 Å². The van der Waals surface area contributed by atoms with Crippen LogP contribution in [0.5, 0.6) is 0 Å². The average Bonchev–Trinajstić information content (AvgIpc) is 3.65. The number of hydrogen-bond donors (Lipinski definition) is 3. The molecule has 4 rings (SSSR count). The van der Waals surface area contributed by atoms with E-state index < -0.39 is 53.7 Å². The molecule has 2 aliphatic rings. The van der Waals surface area contributed by atoms with Crippen LogP contribution in [0.1, 0.15) is 65.4 Å². The van der Waals surface area contributed by atoms with Gasteiger partial charge < -0.3 is 25.8 Å². The number of carbonyl (C=O) groups excluding carboxylic acids is 6. The van der Waals surface area contributed by atoms with Gasteiger partial charge in [-0.3, -0.25) is 28.8 Å². The van der Waals surface area contributed by atoms with Crippen LogP contribution in [-0.2, 0) is 25.6 Å². The van der Waals surface area contributed by atoms with Crippen molar-refractivity contribution < 1.29 is 28.8 Å². The molecular weight excluding hydrogens is 570 g/mol. The first-order chi connectivity index (χ1) is 20.4. The number of nitrogens with one attached hydrogen (secondary N) is 3. The monoisotopic (exact) mass is 609 g/mol. The SMILES string of the molecule is CC(=O)c1ccc(C(=O)N2CC(=O)N[C@@H](C)C(=O)N3CCC[C@@H]3C(=O)N[C@@H](C(C)C)C(=O)N[C@@H](Cc3ccccc3)C2)s1. The highest BCUT2D eigenvalue weighted by Gasteiger charge is 2.39. The minimum Gasteiger partial charge on any atom is -0.349 e. The summed E-state index contributed by atoms with van der Waals surface area (Å²) in [4.78, 5) is 82.8. The Labute approximate surface area is 255 Å². The number of fused-ring (bicyclic) bond motifs is 1. The number of ketones is 1. The molecule has 2 fully saturated rings. The molecule has 11 nitrogen and oxygen atoms in total. The number of carbonyl (C=O) groups is 6. The number of hydrogen-bond acceptors (Lipinski definition) is 7. The molecule has 3 heterocycles. The summed E-state index contributed by atoms with van der Waals surface area (Å²) in [5, 5.41) is 8.59. The molecule has 0 spiro atoms. The molecule has 43 heavy (non-hydrogen) atoms. The molecule has 0 bridgehead atoms. The lowest BCUT2D eigenvalue weighted by atomic mass is 10.0. The third-order valence-corrected chi connectivity index (χ3v) is 8.90. The Bertz CT molecular complexity index is 1380. The fraction of sp³-hybridized carbons (Fsp3) is 0.484. The smallest absolute Gasteiger partial charge is 0.264 e. The van der Waals surface area contributed by atoms with Crippen LogP contribution in [0.15, 0.2) is 42.5 Å². The quantitative estimate of drug-likeness (QED) is 0.441. The second kappa shape index (κ2) is 13.9. The Morgan fingerprint density at radius 3 is 2.30 bits per heavy atom. The Morgan fingerprint density at radius 2 is 1.65 bits per heavy atom. The van der Waals surface area contributed by atoms with Crippen LogP contribution in [0.3, 0.4) is 0 Å². The molecular formula is C31H39N5O6S. The van der Waals surface area contributed by atoms with Crippen LogP contribution < -0.4 is 16.0 Å². The zero-order chi connectivity index (χ0) is 31.3. The van der Waals surface area contributed by atoms with Crippen LogP contribution in [0.25, 0.3) is 0 Å². The number of rotatable bonds is 5. The topological polar surface area (TPSA) is 145 Å². The van der Waals surface area contributed by atoms with Gasteiger partial charge in [-0.25, -0.2) is 0 Å². The molecule has 12 heteroatoms. The highest BCUT2D eigenvalue weighted by atomic mass is 32.1. The van der Waals surface area contributed by atoms with Crippen molar-refractivity contribution in [1.29, 1.82) is 0 Å². The van der Waals surface area contributed by atoms with E-state index in [1.807, 2.05) is 44.2 Å². The zero-order valence-corrected chi connectivity index (χ0v) is 25.7. The number of nitrogens with zero attached hydrogens (tertiary/aromatic N) is 2. The molecule has 2 aromatic rings. The normalized spacial score (nSPS) is 24.0. The van der Waals surface area contributed by atoms with E-state index in [0.29, 0.717) is 30.7 Å². The summed E-state index contributed by atoms with van der Waals surface area (Å²) in [6.07, 6.45) is 1.42. The first kappa shape index (κ1) is 31.9. The van der Waals surface area contributed by atoms with Crippen molar-refractivity contribution in [1.82, 2.24) is 25.8 Å². The van der Waals surface area contributed by atoms with E-state index in [-0.39, 0.29) is 29.7 Å². The molecule has 3 N–H and O–H groups in total. The van der Waals surface area contributed by atoms with Gasteiger partial charge >= 0.3 is 0 Å². The number of Topliss-reactive ketones (excluding diaryl/α,β-unsaturated/α-hetero) is 1. The number of amides is 5. The number of thiophene rings is 1. The van der Waals surface area contributed by atoms with Crippen molar-refractivity contribution >= 4 is 46.7 Å². The maximum atomic E-state index is 13.8. The predicted octanol–water partition coefficient (Wildman–Crippen LogP) is 1.77. The van der Waals surface area contributed by atoms with Gasteiger partial charge in [0.25, 0.3) is 5.91 Å². The summed E-state index contributed by atoms with van der Waals surface area (Å²) >= 11 is 1.04. The molecule has 2 saturated heterocycles. The predicted molar refractivity (Wildman–Crippen MR) is 161 cm³/mol. The molecule has 1 aromatic carbocycles. The molecule has 1 aromatic heterocycles. The van der Waals surface area contributed by atoms with Crippen LogP contribution in [-0.4, -0.2) is 88.9 Å². The third kappa shape index (κ3) is 7.86. The van der Waals surface area contributed by atoms with E-state index in [2.05, 4.69) is 16.0 Å². The lowest BCUT2D eigenvalue weighted by Gasteiger charge is -2.30. The number of benzene rings is 1. The van der Waals surface area contributed by atoms with Crippen molar-refractivity contribution in [3.8, 4) is 0 Å². The summed E-state index contributed by atoms with van der Waals surface area (Å²) in [5.74, 6) is -2.72. The van der Waals surface area contributed by atoms with Gasteiger partial charge in [0.2, 0.25) is 23.6 Å². The molecule has 0 saturated carbocycles. The maximum absolute atomic E-state index is 13.8. The van der Waals surface area contributed by atoms with Gasteiger partial charge in [-0.2, -0.15) is 0 Å². The van der Waals surface area contributed by atoms with Crippen molar-refractivity contribution in [3.05, 3.63) is 57.8 Å². The Balaban J connectivity index is 1.72. The van der Waals surface area contributed by atoms with E-state index in [0.717, 1.165) is 16.9 Å². The molecule has 0 unspecified atom stereocenters. The van der Waals surface area contributed by atoms with Gasteiger partial charge in [-0.05, 0) is 56.7 Å². The fourth-order valence-electron chi connectivity index (χ4n) is 5.49. The molecule has 230 valence electrons. The van der Waals surface area contributed by atoms with Crippen molar-refractivity contribution in [2.75, 3.05) is 19.6 Å². The van der Waals surface area contributed by atoms with Gasteiger partial charge in [0.05, 0.1) is 22.3 Å². The highest BCUT2D eigenvalue weighted by molar-refractivity contribution is 7.15. The van der Waals surface area contributed by atoms with Crippen LogP contribution in [0, 0.1) is 5.92 Å². The van der Waals surface area contributed by atoms with Crippen molar-refractivity contribution in [3.63, 3.8) is 0 Å². The molecule has 0 aliphatic carbocycles. The van der Waals surface area contributed by atoms with Crippen LogP contribution in [0.2, 0.25) is 0 Å². The van der Waals surface area contributed by atoms with E-state index in [1.165, 1.54) is 16.7 Å². The Kier molecular flexibility index (Phi) is 10.3. The Hall–Kier alpha value is -4.06. The standard InChI is InChI=1S/C31H39N5O6S/c1-18(2)27-29(40)33-22(15-21-9-6-5-7-10-21)16-35(31(42)25-13-12-24(43-25)20(4)37)17-26(38)32-19(3)30(41)36-14-8-11-23(36)28(39)34-27/h5-7,9-10,12-13,18-19,22-23,27H,8,11,14-17H2,1-4H3,(H,32,38)(H,33,40)(H,34,39)/t19-,22-,23+,27-/m0/s1. The molecule has 0 radical (unpaired) electrons. The molecule has 5 amide bonds. The summed E-state index contributed by atoms with van der Waals surface area (Å²) in [7, 11) is 0. The second-order valence-corrected chi connectivity index (χ2v) is 12.6. The van der Waals surface area contributed by atoms with E-state index >= 15 is 0 Å². The fourth-order valence-corrected chi connectivity index (χ4v) is 6.36. The zero-order valence-electron chi connectivity index (χ0n) is 24.9. The van der Waals surface area contributed by atoms with Gasteiger partial charge in [0, 0.05) is 13.1 Å². The summed E-state index contributed by atoms with van der Waals surface area (Å²) in [6.45, 7) is 6.57. The first-order valence-electron chi connectivity index (χ1n) is 14.6. The van der Waals surface area contributed by atoms with Gasteiger partial charge in [0.1, 0.15) is 18.1 Å². The highest BCUT2D eigenvalue weighted by Crippen LogP contribution is 2.21. The van der Waals surface area contributed by atoms with Crippen LogP contribution in [0.4, 0.5) is 0 Å². The summed E-state index contributed by atoms with van der Waals surface area (Å²) < 4.78 is 0. The largest absolute Gasteiger partial charge is 0.349 e. The lowest BCUT2D eigenvalue weighted by Crippen LogP contribution is -2.58. The van der Waals surface area contributed by atoms with E-state index in [4.69, 9.17) is 0 Å². The second-order valence-electron chi connectivity index (χ2n) is 11.5. The minimum atomic E-state index is -0.935. The van der Waals surface area contributed by atoms with Gasteiger partial charge in [-0.1, -0.05) is 44.2 Å². The average molecular weight is 610 g/mol. The van der Waals surface area contributed by atoms with E-state index in [9.17, 15) is 28.8 Å². The minimum absolute atomic E-state index is 0.0317. The van der Waals surface area contributed by atoms with Crippen molar-refractivity contribution in [2.45, 2.75) is 71.1 Å². The molecule has 2 aliphatic heterocycles. The maximum Gasteiger partial charge on any atom is 0.264 e.